The number of rotatable bonds is 6. The Kier molecular flexibility index (Phi) is 5.17. The molecule has 0 aliphatic rings. The Hall–Kier alpha value is -1.82. The van der Waals surface area contributed by atoms with Crippen LogP contribution in [0.5, 0.6) is 0 Å². The molecule has 3 nitrogen and oxygen atoms in total. The van der Waals surface area contributed by atoms with Crippen LogP contribution in [-0.2, 0) is 11.4 Å². The maximum atomic E-state index is 13.4. The third kappa shape index (κ3) is 3.84. The molecule has 20 heavy (non-hydrogen) atoms. The van der Waals surface area contributed by atoms with E-state index < -0.39 is 17.7 Å². The van der Waals surface area contributed by atoms with Crippen LogP contribution in [0.25, 0.3) is 0 Å². The molecule has 0 saturated carbocycles. The monoisotopic (exact) mass is 279 g/mol. The minimum absolute atomic E-state index is 0.106. The van der Waals surface area contributed by atoms with Gasteiger partial charge in [0.05, 0.1) is 24.8 Å². The Labute approximate surface area is 115 Å². The molecule has 0 bridgehead atoms. The molecule has 0 radical (unpaired) electrons. The molecule has 0 saturated heterocycles. The molecule has 0 fully saturated rings. The fourth-order valence-corrected chi connectivity index (χ4v) is 1.78. The van der Waals surface area contributed by atoms with Crippen molar-refractivity contribution in [2.45, 2.75) is 12.7 Å². The highest BCUT2D eigenvalue weighted by atomic mass is 19.1. The number of aliphatic hydroxyl groups excluding tert-OH is 1. The van der Waals surface area contributed by atoms with Crippen molar-refractivity contribution >= 4 is 0 Å². The van der Waals surface area contributed by atoms with Crippen LogP contribution in [0.3, 0.4) is 0 Å². The van der Waals surface area contributed by atoms with Crippen molar-refractivity contribution in [1.82, 2.24) is 5.48 Å². The molecule has 0 amide bonds. The van der Waals surface area contributed by atoms with Crippen LogP contribution >= 0.6 is 0 Å². The predicted molar refractivity (Wildman–Crippen MR) is 70.6 cm³/mol. The first-order valence-electron chi connectivity index (χ1n) is 6.19. The zero-order valence-corrected chi connectivity index (χ0v) is 10.7. The largest absolute Gasteiger partial charge is 0.387 e. The molecule has 1 atom stereocenters. The Morgan fingerprint density at radius 1 is 1.00 bits per heavy atom. The SMILES string of the molecule is OC(CNOCc1ccccc1)c1c(F)cccc1F. The first-order chi connectivity index (χ1) is 9.68. The van der Waals surface area contributed by atoms with Gasteiger partial charge in [-0.1, -0.05) is 36.4 Å². The molecule has 1 unspecified atom stereocenters. The quantitative estimate of drug-likeness (QED) is 0.631. The molecular weight excluding hydrogens is 264 g/mol. The zero-order chi connectivity index (χ0) is 14.4. The third-order valence-electron chi connectivity index (χ3n) is 2.79. The first-order valence-corrected chi connectivity index (χ1v) is 6.19. The number of halogens is 2. The van der Waals surface area contributed by atoms with E-state index in [9.17, 15) is 13.9 Å². The lowest BCUT2D eigenvalue weighted by atomic mass is 10.1. The summed E-state index contributed by atoms with van der Waals surface area (Å²) in [5, 5.41) is 9.76. The van der Waals surface area contributed by atoms with Gasteiger partial charge in [-0.3, -0.25) is 4.84 Å². The van der Waals surface area contributed by atoms with Gasteiger partial charge in [0.2, 0.25) is 0 Å². The second-order valence-electron chi connectivity index (χ2n) is 4.27. The lowest BCUT2D eigenvalue weighted by molar-refractivity contribution is 0.00147. The highest BCUT2D eigenvalue weighted by Crippen LogP contribution is 2.19. The lowest BCUT2D eigenvalue weighted by Crippen LogP contribution is -2.23. The number of hydroxylamine groups is 1. The summed E-state index contributed by atoms with van der Waals surface area (Å²) in [4.78, 5) is 5.14. The maximum absolute atomic E-state index is 13.4. The van der Waals surface area contributed by atoms with Crippen molar-refractivity contribution in [3.05, 3.63) is 71.3 Å². The maximum Gasteiger partial charge on any atom is 0.131 e. The van der Waals surface area contributed by atoms with Crippen LogP contribution < -0.4 is 5.48 Å². The van der Waals surface area contributed by atoms with E-state index in [4.69, 9.17) is 4.84 Å². The second kappa shape index (κ2) is 7.09. The number of aliphatic hydroxyl groups is 1. The van der Waals surface area contributed by atoms with Crippen molar-refractivity contribution < 1.29 is 18.7 Å². The Bertz CT molecular complexity index is 529. The highest BCUT2D eigenvalue weighted by molar-refractivity contribution is 5.22. The fraction of sp³-hybridized carbons (Fsp3) is 0.200. The minimum Gasteiger partial charge on any atom is -0.387 e. The average Bonchev–Trinajstić information content (AvgIpc) is 2.44. The number of benzene rings is 2. The molecule has 0 aliphatic heterocycles. The average molecular weight is 279 g/mol. The molecular formula is C15H15F2NO2. The van der Waals surface area contributed by atoms with Crippen LogP contribution in [0.1, 0.15) is 17.2 Å². The molecule has 0 aliphatic carbocycles. The molecule has 0 spiro atoms. The van der Waals surface area contributed by atoms with Gasteiger partial charge in [0.15, 0.2) is 0 Å². The summed E-state index contributed by atoms with van der Waals surface area (Å²) in [6.45, 7) is 0.192. The highest BCUT2D eigenvalue weighted by Gasteiger charge is 2.17. The lowest BCUT2D eigenvalue weighted by Gasteiger charge is -2.13. The Balaban J connectivity index is 1.82. The smallest absolute Gasteiger partial charge is 0.131 e. The van der Waals surface area contributed by atoms with Gasteiger partial charge >= 0.3 is 0 Å². The van der Waals surface area contributed by atoms with E-state index in [1.165, 1.54) is 6.07 Å². The van der Waals surface area contributed by atoms with Gasteiger partial charge in [-0.2, -0.15) is 5.48 Å². The van der Waals surface area contributed by atoms with Crippen LogP contribution in [0, 0.1) is 11.6 Å². The minimum atomic E-state index is -1.31. The first kappa shape index (κ1) is 14.6. The fourth-order valence-electron chi connectivity index (χ4n) is 1.78. The van der Waals surface area contributed by atoms with Crippen LogP contribution in [0.15, 0.2) is 48.5 Å². The van der Waals surface area contributed by atoms with Gasteiger partial charge in [-0.05, 0) is 17.7 Å². The van der Waals surface area contributed by atoms with Gasteiger partial charge < -0.3 is 5.11 Å². The second-order valence-corrected chi connectivity index (χ2v) is 4.27. The van der Waals surface area contributed by atoms with E-state index in [0.717, 1.165) is 17.7 Å². The molecule has 2 N–H and O–H groups in total. The molecule has 2 aromatic rings. The Morgan fingerprint density at radius 3 is 2.30 bits per heavy atom. The molecule has 0 heterocycles. The van der Waals surface area contributed by atoms with Gasteiger partial charge in [-0.25, -0.2) is 8.78 Å². The van der Waals surface area contributed by atoms with E-state index in [1.54, 1.807) is 0 Å². The van der Waals surface area contributed by atoms with E-state index >= 15 is 0 Å². The summed E-state index contributed by atoms with van der Waals surface area (Å²) in [6, 6.07) is 12.9. The summed E-state index contributed by atoms with van der Waals surface area (Å²) in [5.41, 5.74) is 3.10. The van der Waals surface area contributed by atoms with Crippen molar-refractivity contribution in [2.24, 2.45) is 0 Å². The van der Waals surface area contributed by atoms with E-state index in [2.05, 4.69) is 5.48 Å². The zero-order valence-electron chi connectivity index (χ0n) is 10.7. The predicted octanol–water partition coefficient (Wildman–Crippen LogP) is 2.72. The molecule has 2 rings (SSSR count). The Morgan fingerprint density at radius 2 is 1.65 bits per heavy atom. The number of nitrogens with one attached hydrogen (secondary N) is 1. The topological polar surface area (TPSA) is 41.5 Å². The number of hydrogen-bond donors (Lipinski definition) is 2. The third-order valence-corrected chi connectivity index (χ3v) is 2.79. The molecule has 0 aromatic heterocycles. The van der Waals surface area contributed by atoms with Gasteiger partial charge in [0.25, 0.3) is 0 Å². The van der Waals surface area contributed by atoms with E-state index in [1.807, 2.05) is 30.3 Å². The van der Waals surface area contributed by atoms with Gasteiger partial charge in [0, 0.05) is 0 Å². The van der Waals surface area contributed by atoms with Crippen LogP contribution in [-0.4, -0.2) is 11.7 Å². The van der Waals surface area contributed by atoms with Crippen molar-refractivity contribution in [1.29, 1.82) is 0 Å². The van der Waals surface area contributed by atoms with E-state index in [-0.39, 0.29) is 12.1 Å². The normalized spacial score (nSPS) is 12.3. The number of hydrogen-bond acceptors (Lipinski definition) is 3. The summed E-state index contributed by atoms with van der Waals surface area (Å²) in [7, 11) is 0. The summed E-state index contributed by atoms with van der Waals surface area (Å²) in [6.07, 6.45) is -1.31. The molecule has 106 valence electrons. The van der Waals surface area contributed by atoms with Crippen molar-refractivity contribution in [3.8, 4) is 0 Å². The van der Waals surface area contributed by atoms with Crippen LogP contribution in [0.2, 0.25) is 0 Å². The standard InChI is InChI=1S/C15H15F2NO2/c16-12-7-4-8-13(17)15(12)14(19)9-18-20-10-11-5-2-1-3-6-11/h1-8,14,18-19H,9-10H2. The van der Waals surface area contributed by atoms with Crippen molar-refractivity contribution in [2.75, 3.05) is 6.54 Å². The molecule has 2 aromatic carbocycles. The summed E-state index contributed by atoms with van der Waals surface area (Å²) in [5.74, 6) is -1.55. The van der Waals surface area contributed by atoms with Gasteiger partial charge in [-0.15, -0.1) is 0 Å². The summed E-state index contributed by atoms with van der Waals surface area (Å²) < 4.78 is 26.8. The van der Waals surface area contributed by atoms with Crippen LogP contribution in [0.4, 0.5) is 8.78 Å². The van der Waals surface area contributed by atoms with E-state index in [0.29, 0.717) is 6.61 Å². The summed E-state index contributed by atoms with van der Waals surface area (Å²) >= 11 is 0. The van der Waals surface area contributed by atoms with Crippen molar-refractivity contribution in [3.63, 3.8) is 0 Å². The molecule has 5 heteroatoms. The van der Waals surface area contributed by atoms with Gasteiger partial charge in [0.1, 0.15) is 11.6 Å².